The number of hydrogen-bond donors (Lipinski definition) is 2. The van der Waals surface area contributed by atoms with Crippen LogP contribution in [-0.2, 0) is 56.9 Å². The normalized spacial score (nSPS) is 12.0. The van der Waals surface area contributed by atoms with Gasteiger partial charge in [0.25, 0.3) is 0 Å². The Hall–Kier alpha value is -0.420. The van der Waals surface area contributed by atoms with Crippen molar-refractivity contribution in [3.8, 4) is 0 Å². The van der Waals surface area contributed by atoms with E-state index in [1.807, 2.05) is 0 Å². The summed E-state index contributed by atoms with van der Waals surface area (Å²) in [6.07, 6.45) is 0. The van der Waals surface area contributed by atoms with Crippen LogP contribution in [0.25, 0.3) is 0 Å². The Labute approximate surface area is 365 Å². The van der Waals surface area contributed by atoms with Crippen molar-refractivity contribution < 1.29 is 156 Å². The van der Waals surface area contributed by atoms with Gasteiger partial charge in [-0.25, -0.2) is 30.2 Å². The SMILES string of the molecule is Nc1nc(N)c(N=Nc2ccc(S(=O)(=O)CCOSOO[O-])cc2S(=O)(=O)[O-])cc1N=Nc1ccc(S(=O)(=O)CCOSOO[O-])cc1.[Na+].[Na+].[Na+]. The molecule has 3 rings (SSSR count). The minimum Gasteiger partial charge on any atom is -0.744 e. The predicted molar refractivity (Wildman–Crippen MR) is 158 cm³/mol. The van der Waals surface area contributed by atoms with Crippen molar-refractivity contribution in [2.45, 2.75) is 14.7 Å². The van der Waals surface area contributed by atoms with Crippen LogP contribution in [0.4, 0.5) is 34.4 Å². The molecule has 22 nitrogen and oxygen atoms in total. The van der Waals surface area contributed by atoms with Crippen LogP contribution in [0, 0.1) is 0 Å². The molecular formula is C21H20N7Na3O15S5. The molecule has 0 fully saturated rings. The second kappa shape index (κ2) is 24.2. The average Bonchev–Trinajstić information content (AvgIpc) is 3.03. The number of aromatic nitrogens is 1. The molecule has 0 aliphatic rings. The van der Waals surface area contributed by atoms with Crippen molar-refractivity contribution in [1.29, 1.82) is 0 Å². The van der Waals surface area contributed by atoms with E-state index in [0.717, 1.165) is 12.1 Å². The number of hydrogen-bond acceptors (Lipinski definition) is 24. The van der Waals surface area contributed by atoms with Crippen LogP contribution >= 0.6 is 24.6 Å². The number of nitrogens with two attached hydrogens (primary N) is 2. The van der Waals surface area contributed by atoms with E-state index >= 15 is 0 Å². The Kier molecular flexibility index (Phi) is 24.0. The van der Waals surface area contributed by atoms with E-state index in [1.54, 1.807) is 0 Å². The third-order valence-corrected chi connectivity index (χ3v) is 10.4. The molecule has 0 amide bonds. The van der Waals surface area contributed by atoms with Crippen LogP contribution in [0.3, 0.4) is 0 Å². The van der Waals surface area contributed by atoms with E-state index in [-0.39, 0.29) is 154 Å². The maximum absolute atomic E-state index is 12.6. The summed E-state index contributed by atoms with van der Waals surface area (Å²) in [6.45, 7) is -0.807. The van der Waals surface area contributed by atoms with Crippen molar-refractivity contribution in [3.05, 3.63) is 48.5 Å². The Morgan fingerprint density at radius 2 is 1.10 bits per heavy atom. The molecule has 30 heteroatoms. The molecule has 0 aliphatic heterocycles. The Morgan fingerprint density at radius 1 is 0.647 bits per heavy atom. The van der Waals surface area contributed by atoms with Gasteiger partial charge in [0.15, 0.2) is 56.0 Å². The minimum atomic E-state index is -5.28. The van der Waals surface area contributed by atoms with Gasteiger partial charge in [-0.05, 0) is 42.5 Å². The molecule has 262 valence electrons. The van der Waals surface area contributed by atoms with Crippen molar-refractivity contribution >= 4 is 88.8 Å². The van der Waals surface area contributed by atoms with E-state index in [2.05, 4.69) is 48.4 Å². The van der Waals surface area contributed by atoms with E-state index in [1.165, 1.54) is 30.3 Å². The molecule has 0 saturated heterocycles. The number of azo groups is 2. The van der Waals surface area contributed by atoms with Gasteiger partial charge >= 0.3 is 88.7 Å². The molecular weight excluding hydrogens is 820 g/mol. The summed E-state index contributed by atoms with van der Waals surface area (Å²) < 4.78 is 103. The molecule has 0 unspecified atom stereocenters. The molecule has 4 N–H and O–H groups in total. The van der Waals surface area contributed by atoms with Gasteiger partial charge in [0.2, 0.25) is 0 Å². The molecule has 0 aliphatic carbocycles. The molecule has 0 spiro atoms. The van der Waals surface area contributed by atoms with Crippen LogP contribution in [0.1, 0.15) is 0 Å². The number of pyridine rings is 1. The summed E-state index contributed by atoms with van der Waals surface area (Å²) in [5.74, 6) is -1.62. The number of nitrogens with zero attached hydrogens (tertiary/aromatic N) is 5. The summed E-state index contributed by atoms with van der Waals surface area (Å²) in [6, 6.07) is 8.83. The van der Waals surface area contributed by atoms with Gasteiger partial charge in [0.05, 0.1) is 45.1 Å². The third kappa shape index (κ3) is 16.5. The van der Waals surface area contributed by atoms with Gasteiger partial charge in [-0.15, -0.1) is 24.0 Å². The first-order chi connectivity index (χ1) is 22.7. The fourth-order valence-electron chi connectivity index (χ4n) is 3.25. The number of anilines is 2. The zero-order valence-electron chi connectivity index (χ0n) is 26.5. The predicted octanol–water partition coefficient (Wildman–Crippen LogP) is -7.85. The molecule has 51 heavy (non-hydrogen) atoms. The van der Waals surface area contributed by atoms with E-state index in [9.17, 15) is 40.3 Å². The molecule has 0 saturated carbocycles. The van der Waals surface area contributed by atoms with Crippen LogP contribution in [0.5, 0.6) is 0 Å². The Balaban J connectivity index is 0.00000833. The van der Waals surface area contributed by atoms with Gasteiger partial charge < -0.3 is 26.5 Å². The number of sulfone groups is 2. The van der Waals surface area contributed by atoms with Gasteiger partial charge in [0, 0.05) is 6.07 Å². The average molecular weight is 840 g/mol. The fourth-order valence-corrected chi connectivity index (χ4v) is 6.79. The number of nitrogen functional groups attached to an aromatic ring is 2. The van der Waals surface area contributed by atoms with Crippen LogP contribution in [-0.4, -0.2) is 59.5 Å². The van der Waals surface area contributed by atoms with E-state index in [4.69, 9.17) is 15.7 Å². The molecule has 3 aromatic rings. The second-order valence-electron chi connectivity index (χ2n) is 8.46. The van der Waals surface area contributed by atoms with Gasteiger partial charge in [-0.3, -0.25) is 18.4 Å². The van der Waals surface area contributed by atoms with E-state index < -0.39 is 63.4 Å². The number of benzene rings is 2. The zero-order valence-corrected chi connectivity index (χ0v) is 36.6. The van der Waals surface area contributed by atoms with E-state index in [0.29, 0.717) is 6.07 Å². The molecule has 1 heterocycles. The first kappa shape index (κ1) is 50.6. The molecule has 2 aromatic carbocycles. The van der Waals surface area contributed by atoms with Crippen molar-refractivity contribution in [1.82, 2.24) is 4.98 Å². The van der Waals surface area contributed by atoms with Crippen molar-refractivity contribution in [2.24, 2.45) is 20.5 Å². The molecule has 0 atom stereocenters. The summed E-state index contributed by atoms with van der Waals surface area (Å²) in [4.78, 5) is 2.23. The van der Waals surface area contributed by atoms with Gasteiger partial charge in [-0.1, -0.05) is 0 Å². The van der Waals surface area contributed by atoms with Crippen molar-refractivity contribution in [3.63, 3.8) is 0 Å². The monoisotopic (exact) mass is 839 g/mol. The van der Waals surface area contributed by atoms with Gasteiger partial charge in [0.1, 0.15) is 27.2 Å². The summed E-state index contributed by atoms with van der Waals surface area (Å²) >= 11 is 0.241. The second-order valence-corrected chi connectivity index (χ2v) is 15.0. The summed E-state index contributed by atoms with van der Waals surface area (Å²) in [7, 11) is -13.2. The Bertz CT molecular complexity index is 1960. The quantitative estimate of drug-likeness (QED) is 0.0215. The van der Waals surface area contributed by atoms with Gasteiger partial charge in [-0.2, -0.15) is 5.11 Å². The Morgan fingerprint density at radius 3 is 1.59 bits per heavy atom. The maximum Gasteiger partial charge on any atom is 1.00 e. The van der Waals surface area contributed by atoms with Crippen LogP contribution < -0.4 is 111 Å². The zero-order chi connectivity index (χ0) is 35.4. The topological polar surface area (TPSA) is 341 Å². The molecule has 1 aromatic heterocycles. The van der Waals surface area contributed by atoms with Crippen molar-refractivity contribution in [2.75, 3.05) is 36.2 Å². The maximum atomic E-state index is 12.6. The molecule has 0 bridgehead atoms. The summed E-state index contributed by atoms with van der Waals surface area (Å²) in [5.41, 5.74) is 11.1. The minimum absolute atomic E-state index is 0. The largest absolute Gasteiger partial charge is 1.00 e. The molecule has 0 radical (unpaired) electrons. The number of rotatable bonds is 19. The first-order valence-electron chi connectivity index (χ1n) is 12.2. The van der Waals surface area contributed by atoms with Crippen LogP contribution in [0.2, 0.25) is 0 Å². The summed E-state index contributed by atoms with van der Waals surface area (Å²) in [5, 5.41) is 40.9. The van der Waals surface area contributed by atoms with Crippen LogP contribution in [0.15, 0.2) is 83.7 Å². The third-order valence-electron chi connectivity index (χ3n) is 5.41. The smallest absolute Gasteiger partial charge is 0.744 e. The standard InChI is InChI=1S/C21H23N7O15S5.3Na/c22-20-17(27-25-13-1-3-14(4-2-13)46(31,32)9-7-38-44-42-40-29)12-18(21(23)24-20)28-26-16-6-5-15(11-19(16)48(35,36)37)47(33,34)10-8-39-45-43-41-30;;;/h1-6,11-12,29-30H,7-10H2,(H4,22,23,24)(H,35,36,37);;;/q;3*+1/p-3. The first-order valence-corrected chi connectivity index (χ1v) is 18.3. The fraction of sp³-hybridized carbons (Fsp3) is 0.190.